The predicted octanol–water partition coefficient (Wildman–Crippen LogP) is 0.755. The van der Waals surface area contributed by atoms with Gasteiger partial charge < -0.3 is 16.0 Å². The summed E-state index contributed by atoms with van der Waals surface area (Å²) in [6, 6.07) is 1.80. The van der Waals surface area contributed by atoms with Crippen LogP contribution in [0.1, 0.15) is 41.5 Å². The second-order valence-electron chi connectivity index (χ2n) is 6.50. The lowest BCUT2D eigenvalue weighted by molar-refractivity contribution is 0.100. The highest BCUT2D eigenvalue weighted by molar-refractivity contribution is 6.11. The zero-order chi connectivity index (χ0) is 17.8. The number of rotatable bonds is 2. The van der Waals surface area contributed by atoms with Crippen molar-refractivity contribution in [1.29, 1.82) is 0 Å². The molecule has 1 fully saturated rings. The Balaban J connectivity index is 2.05. The van der Waals surface area contributed by atoms with Gasteiger partial charge in [-0.1, -0.05) is 0 Å². The van der Waals surface area contributed by atoms with Crippen LogP contribution in [0.5, 0.6) is 0 Å². The average Bonchev–Trinajstić information content (AvgIpc) is 3.02. The second kappa shape index (κ2) is 5.08. The molecule has 1 aliphatic rings. The molecule has 0 spiro atoms. The van der Waals surface area contributed by atoms with E-state index in [2.05, 4.69) is 33.8 Å². The highest BCUT2D eigenvalue weighted by atomic mass is 16.1. The van der Waals surface area contributed by atoms with Crippen LogP contribution in [0, 0.1) is 11.8 Å². The van der Waals surface area contributed by atoms with Crippen LogP contribution in [-0.4, -0.2) is 30.2 Å². The maximum Gasteiger partial charge on any atom is 0.252 e. The molecule has 1 amide bonds. The minimum absolute atomic E-state index is 0.152. The van der Waals surface area contributed by atoms with Gasteiger partial charge in [-0.15, -0.1) is 0 Å². The van der Waals surface area contributed by atoms with Gasteiger partial charge in [-0.25, -0.2) is 9.97 Å². The Morgan fingerprint density at radius 1 is 1.32 bits per heavy atom. The minimum Gasteiger partial charge on any atom is -0.383 e. The molecule has 0 atom stereocenters. The number of hydrogen-bond acceptors (Lipinski definition) is 5. The molecule has 3 aromatic rings. The molecule has 3 aromatic heterocycles. The molecule has 0 saturated heterocycles. The number of amides is 1. The van der Waals surface area contributed by atoms with Gasteiger partial charge in [-0.3, -0.25) is 9.48 Å². The first-order chi connectivity index (χ1) is 11.9. The van der Waals surface area contributed by atoms with Gasteiger partial charge in [0.15, 0.2) is 0 Å². The number of nitrogens with two attached hydrogens (primary N) is 2. The molecule has 0 bridgehead atoms. The summed E-state index contributed by atoms with van der Waals surface area (Å²) in [4.78, 5) is 20.5. The number of fused-ring (bicyclic) bond motifs is 1. The van der Waals surface area contributed by atoms with Gasteiger partial charge in [0.05, 0.1) is 10.9 Å². The summed E-state index contributed by atoms with van der Waals surface area (Å²) in [5.41, 5.74) is 13.5. The standard InChI is InChI=1S/C17H17N7O/c1-17(6-7-17)24-11(4-3-10-5-8-23(2)22-10)12(15(19)25)13-14(18)20-9-21-16(13)24/h5,8-9H,6-7H2,1-2H3,(H2,19,25)(H2,18,20,21). The molecule has 0 aliphatic heterocycles. The predicted molar refractivity (Wildman–Crippen MR) is 92.5 cm³/mol. The van der Waals surface area contributed by atoms with Crippen molar-refractivity contribution in [3.05, 3.63) is 35.5 Å². The summed E-state index contributed by atoms with van der Waals surface area (Å²) in [5.74, 6) is 5.69. The Kier molecular flexibility index (Phi) is 3.09. The number of aromatic nitrogens is 5. The third kappa shape index (κ3) is 2.32. The Hall–Kier alpha value is -3.34. The first kappa shape index (κ1) is 15.2. The van der Waals surface area contributed by atoms with Gasteiger partial charge in [0, 0.05) is 18.8 Å². The quantitative estimate of drug-likeness (QED) is 0.670. The smallest absolute Gasteiger partial charge is 0.252 e. The summed E-state index contributed by atoms with van der Waals surface area (Å²) >= 11 is 0. The molecule has 4 N–H and O–H groups in total. The first-order valence-electron chi connectivity index (χ1n) is 7.87. The molecule has 4 rings (SSSR count). The van der Waals surface area contributed by atoms with Crippen LogP contribution in [0.25, 0.3) is 11.0 Å². The van der Waals surface area contributed by atoms with Crippen molar-refractivity contribution >= 4 is 22.8 Å². The van der Waals surface area contributed by atoms with E-state index in [0.29, 0.717) is 22.4 Å². The van der Waals surface area contributed by atoms with Crippen molar-refractivity contribution < 1.29 is 4.79 Å². The van der Waals surface area contributed by atoms with Crippen LogP contribution < -0.4 is 11.5 Å². The fraction of sp³-hybridized carbons (Fsp3) is 0.294. The number of nitrogen functional groups attached to an aromatic ring is 1. The van der Waals surface area contributed by atoms with Gasteiger partial charge in [0.25, 0.3) is 5.91 Å². The molecule has 1 saturated carbocycles. The molecule has 1 aliphatic carbocycles. The van der Waals surface area contributed by atoms with E-state index >= 15 is 0 Å². The normalized spacial score (nSPS) is 15.0. The zero-order valence-electron chi connectivity index (χ0n) is 13.9. The Labute approximate surface area is 143 Å². The molecular weight excluding hydrogens is 318 g/mol. The van der Waals surface area contributed by atoms with Gasteiger partial charge in [0.2, 0.25) is 0 Å². The molecule has 3 heterocycles. The van der Waals surface area contributed by atoms with Crippen molar-refractivity contribution in [1.82, 2.24) is 24.3 Å². The fourth-order valence-corrected chi connectivity index (χ4v) is 3.03. The Morgan fingerprint density at radius 3 is 2.68 bits per heavy atom. The SMILES string of the molecule is Cn1ccc(C#Cc2c(C(N)=O)c3c(N)ncnc3n2C2(C)CC2)n1. The van der Waals surface area contributed by atoms with E-state index in [0.717, 1.165) is 12.8 Å². The van der Waals surface area contributed by atoms with Crippen LogP contribution in [0.3, 0.4) is 0 Å². The Bertz CT molecular complexity index is 1080. The van der Waals surface area contributed by atoms with Crippen LogP contribution in [-0.2, 0) is 12.6 Å². The molecular formula is C17H17N7O. The van der Waals surface area contributed by atoms with Crippen LogP contribution in [0.15, 0.2) is 18.6 Å². The summed E-state index contributed by atoms with van der Waals surface area (Å²) in [7, 11) is 1.82. The lowest BCUT2D eigenvalue weighted by Gasteiger charge is -2.14. The lowest BCUT2D eigenvalue weighted by atomic mass is 10.1. The number of carbonyl (C=O) groups is 1. The van der Waals surface area contributed by atoms with E-state index in [4.69, 9.17) is 11.5 Å². The topological polar surface area (TPSA) is 118 Å². The monoisotopic (exact) mass is 335 g/mol. The number of anilines is 1. The summed E-state index contributed by atoms with van der Waals surface area (Å²) < 4.78 is 3.64. The molecule has 0 radical (unpaired) electrons. The van der Waals surface area contributed by atoms with Gasteiger partial charge in [0.1, 0.15) is 29.2 Å². The van der Waals surface area contributed by atoms with Crippen molar-refractivity contribution in [3.63, 3.8) is 0 Å². The summed E-state index contributed by atoms with van der Waals surface area (Å²) in [6.45, 7) is 2.10. The van der Waals surface area contributed by atoms with E-state index in [1.807, 2.05) is 11.6 Å². The zero-order valence-corrected chi connectivity index (χ0v) is 13.9. The van der Waals surface area contributed by atoms with Crippen molar-refractivity contribution in [3.8, 4) is 11.8 Å². The van der Waals surface area contributed by atoms with E-state index < -0.39 is 5.91 Å². The lowest BCUT2D eigenvalue weighted by Crippen LogP contribution is -2.18. The minimum atomic E-state index is -0.597. The van der Waals surface area contributed by atoms with E-state index in [1.54, 1.807) is 16.9 Å². The highest BCUT2D eigenvalue weighted by Crippen LogP contribution is 2.47. The van der Waals surface area contributed by atoms with Crippen LogP contribution in [0.4, 0.5) is 5.82 Å². The maximum absolute atomic E-state index is 12.2. The van der Waals surface area contributed by atoms with Crippen molar-refractivity contribution in [2.24, 2.45) is 12.8 Å². The van der Waals surface area contributed by atoms with E-state index in [-0.39, 0.29) is 16.9 Å². The Morgan fingerprint density at radius 2 is 2.08 bits per heavy atom. The van der Waals surface area contributed by atoms with Gasteiger partial charge in [-0.2, -0.15) is 5.10 Å². The van der Waals surface area contributed by atoms with Gasteiger partial charge >= 0.3 is 0 Å². The molecule has 25 heavy (non-hydrogen) atoms. The fourth-order valence-electron chi connectivity index (χ4n) is 3.03. The van der Waals surface area contributed by atoms with Crippen molar-refractivity contribution in [2.45, 2.75) is 25.3 Å². The second-order valence-corrected chi connectivity index (χ2v) is 6.50. The number of primary amides is 1. The molecule has 0 unspecified atom stereocenters. The largest absolute Gasteiger partial charge is 0.383 e. The van der Waals surface area contributed by atoms with Gasteiger partial charge in [-0.05, 0) is 37.7 Å². The van der Waals surface area contributed by atoms with Crippen LogP contribution >= 0.6 is 0 Å². The van der Waals surface area contributed by atoms with E-state index in [1.165, 1.54) is 6.33 Å². The third-order valence-corrected chi connectivity index (χ3v) is 4.56. The van der Waals surface area contributed by atoms with Crippen molar-refractivity contribution in [2.75, 3.05) is 5.73 Å². The number of aryl methyl sites for hydroxylation is 1. The number of nitrogens with zero attached hydrogens (tertiary/aromatic N) is 5. The molecule has 8 heteroatoms. The number of carbonyl (C=O) groups excluding carboxylic acids is 1. The molecule has 8 nitrogen and oxygen atoms in total. The summed E-state index contributed by atoms with van der Waals surface area (Å²) in [6.07, 6.45) is 5.13. The maximum atomic E-state index is 12.2. The molecule has 0 aromatic carbocycles. The van der Waals surface area contributed by atoms with Crippen LogP contribution in [0.2, 0.25) is 0 Å². The highest BCUT2D eigenvalue weighted by Gasteiger charge is 2.43. The van der Waals surface area contributed by atoms with E-state index in [9.17, 15) is 4.79 Å². The third-order valence-electron chi connectivity index (χ3n) is 4.56. The summed E-state index contributed by atoms with van der Waals surface area (Å²) in [5, 5.41) is 4.71. The number of hydrogen-bond donors (Lipinski definition) is 2. The molecule has 126 valence electrons. The first-order valence-corrected chi connectivity index (χ1v) is 7.87. The average molecular weight is 335 g/mol.